The first-order chi connectivity index (χ1) is 7.11. The molecule has 15 heavy (non-hydrogen) atoms. The summed E-state index contributed by atoms with van der Waals surface area (Å²) in [4.78, 5) is 15.2. The van der Waals surface area contributed by atoms with E-state index in [4.69, 9.17) is 0 Å². The molecule has 1 aliphatic rings. The van der Waals surface area contributed by atoms with Crippen molar-refractivity contribution in [2.24, 2.45) is 0 Å². The zero-order valence-electron chi connectivity index (χ0n) is 10.1. The highest BCUT2D eigenvalue weighted by molar-refractivity contribution is 5.73. The number of urea groups is 1. The number of hydrogen-bond donors (Lipinski definition) is 1. The minimum Gasteiger partial charge on any atom is -0.337 e. The van der Waals surface area contributed by atoms with Gasteiger partial charge in [-0.25, -0.2) is 4.79 Å². The van der Waals surface area contributed by atoms with Gasteiger partial charge in [-0.05, 0) is 19.9 Å². The zero-order chi connectivity index (χ0) is 11.3. The Balaban J connectivity index is 2.11. The Morgan fingerprint density at radius 3 is 2.40 bits per heavy atom. The van der Waals surface area contributed by atoms with Gasteiger partial charge in [0.15, 0.2) is 0 Å². The lowest BCUT2D eigenvalue weighted by Gasteiger charge is -2.24. The summed E-state index contributed by atoms with van der Waals surface area (Å²) in [6.45, 7) is 1.69. The molecule has 1 fully saturated rings. The van der Waals surface area contributed by atoms with E-state index in [9.17, 15) is 4.79 Å². The zero-order valence-corrected chi connectivity index (χ0v) is 10.1. The second kappa shape index (κ2) is 5.95. The summed E-state index contributed by atoms with van der Waals surface area (Å²) >= 11 is 0. The van der Waals surface area contributed by atoms with E-state index in [1.54, 1.807) is 19.0 Å². The molecule has 0 saturated heterocycles. The quantitative estimate of drug-likeness (QED) is 0.760. The second-order valence-electron chi connectivity index (χ2n) is 4.55. The fourth-order valence-corrected chi connectivity index (χ4v) is 2.02. The molecule has 0 aromatic heterocycles. The van der Waals surface area contributed by atoms with E-state index in [-0.39, 0.29) is 6.03 Å². The molecule has 1 rings (SSSR count). The van der Waals surface area contributed by atoms with Gasteiger partial charge < -0.3 is 15.1 Å². The molecule has 0 unspecified atom stereocenters. The minimum absolute atomic E-state index is 0.00479. The molecule has 0 aromatic rings. The van der Waals surface area contributed by atoms with E-state index in [0.29, 0.717) is 0 Å². The summed E-state index contributed by atoms with van der Waals surface area (Å²) in [6, 6.07) is 0.732. The van der Waals surface area contributed by atoms with Crippen molar-refractivity contribution in [3.8, 4) is 0 Å². The SMILES string of the molecule is CN(C)C(=O)NCCN(C)C1CCCC1. The molecule has 1 saturated carbocycles. The lowest BCUT2D eigenvalue weighted by Crippen LogP contribution is -2.41. The van der Waals surface area contributed by atoms with Crippen LogP contribution in [0.15, 0.2) is 0 Å². The summed E-state index contributed by atoms with van der Waals surface area (Å²) in [5.74, 6) is 0. The molecule has 4 nitrogen and oxygen atoms in total. The molecule has 0 atom stereocenters. The highest BCUT2D eigenvalue weighted by atomic mass is 16.2. The molecule has 4 heteroatoms. The summed E-state index contributed by atoms with van der Waals surface area (Å²) in [5.41, 5.74) is 0. The van der Waals surface area contributed by atoms with Gasteiger partial charge in [0.1, 0.15) is 0 Å². The van der Waals surface area contributed by atoms with E-state index in [1.807, 2.05) is 0 Å². The van der Waals surface area contributed by atoms with E-state index in [2.05, 4.69) is 17.3 Å². The van der Waals surface area contributed by atoms with Crippen LogP contribution < -0.4 is 5.32 Å². The van der Waals surface area contributed by atoms with Crippen molar-refractivity contribution in [3.05, 3.63) is 0 Å². The van der Waals surface area contributed by atoms with Crippen LogP contribution in [0.5, 0.6) is 0 Å². The molecule has 1 N–H and O–H groups in total. The molecule has 0 bridgehead atoms. The van der Waals surface area contributed by atoms with Crippen LogP contribution >= 0.6 is 0 Å². The van der Waals surface area contributed by atoms with E-state index in [1.165, 1.54) is 25.7 Å². The van der Waals surface area contributed by atoms with E-state index >= 15 is 0 Å². The van der Waals surface area contributed by atoms with Crippen LogP contribution in [0.2, 0.25) is 0 Å². The Morgan fingerprint density at radius 2 is 1.87 bits per heavy atom. The summed E-state index contributed by atoms with van der Waals surface area (Å²) in [5, 5.41) is 2.88. The molecular formula is C11H23N3O. The average molecular weight is 213 g/mol. The third-order valence-electron chi connectivity index (χ3n) is 3.09. The van der Waals surface area contributed by atoms with Crippen molar-refractivity contribution in [3.63, 3.8) is 0 Å². The van der Waals surface area contributed by atoms with Crippen molar-refractivity contribution in [2.75, 3.05) is 34.2 Å². The molecule has 1 aliphatic carbocycles. The van der Waals surface area contributed by atoms with Gasteiger partial charge in [0, 0.05) is 33.2 Å². The molecule has 0 aliphatic heterocycles. The van der Waals surface area contributed by atoms with Crippen molar-refractivity contribution in [2.45, 2.75) is 31.7 Å². The lowest BCUT2D eigenvalue weighted by molar-refractivity contribution is 0.210. The van der Waals surface area contributed by atoms with Gasteiger partial charge in [-0.15, -0.1) is 0 Å². The Labute approximate surface area is 92.6 Å². The number of nitrogens with one attached hydrogen (secondary N) is 1. The second-order valence-corrected chi connectivity index (χ2v) is 4.55. The normalized spacial score (nSPS) is 17.1. The predicted octanol–water partition coefficient (Wildman–Crippen LogP) is 1.13. The lowest BCUT2D eigenvalue weighted by atomic mass is 10.2. The first-order valence-corrected chi connectivity index (χ1v) is 5.76. The molecule has 2 amide bonds. The van der Waals surface area contributed by atoms with Gasteiger partial charge in [-0.1, -0.05) is 12.8 Å². The summed E-state index contributed by atoms with van der Waals surface area (Å²) in [7, 11) is 5.67. The third-order valence-corrected chi connectivity index (χ3v) is 3.09. The van der Waals surface area contributed by atoms with E-state index in [0.717, 1.165) is 19.1 Å². The van der Waals surface area contributed by atoms with Gasteiger partial charge >= 0.3 is 6.03 Å². The van der Waals surface area contributed by atoms with Crippen molar-refractivity contribution in [1.82, 2.24) is 15.1 Å². The first-order valence-electron chi connectivity index (χ1n) is 5.76. The van der Waals surface area contributed by atoms with Crippen LogP contribution in [0.25, 0.3) is 0 Å². The van der Waals surface area contributed by atoms with Gasteiger partial charge in [-0.3, -0.25) is 0 Å². The van der Waals surface area contributed by atoms with Crippen LogP contribution in [-0.4, -0.2) is 56.1 Å². The average Bonchev–Trinajstić information content (AvgIpc) is 2.70. The molecule has 0 aromatic carbocycles. The number of likely N-dealkylation sites (N-methyl/N-ethyl adjacent to an activating group) is 1. The maximum Gasteiger partial charge on any atom is 0.316 e. The van der Waals surface area contributed by atoms with Crippen molar-refractivity contribution < 1.29 is 4.79 Å². The Hall–Kier alpha value is -0.770. The van der Waals surface area contributed by atoms with Crippen LogP contribution in [0.4, 0.5) is 4.79 Å². The van der Waals surface area contributed by atoms with Gasteiger partial charge in [0.05, 0.1) is 0 Å². The fraction of sp³-hybridized carbons (Fsp3) is 0.909. The molecule has 0 heterocycles. The highest BCUT2D eigenvalue weighted by Crippen LogP contribution is 2.21. The fourth-order valence-electron chi connectivity index (χ4n) is 2.02. The van der Waals surface area contributed by atoms with Gasteiger partial charge in [0.25, 0.3) is 0 Å². The van der Waals surface area contributed by atoms with E-state index < -0.39 is 0 Å². The first kappa shape index (κ1) is 12.3. The standard InChI is InChI=1S/C11H23N3O/c1-13(2)11(15)12-8-9-14(3)10-6-4-5-7-10/h10H,4-9H2,1-3H3,(H,12,15). The van der Waals surface area contributed by atoms with Gasteiger partial charge in [-0.2, -0.15) is 0 Å². The predicted molar refractivity (Wildman–Crippen MR) is 62.0 cm³/mol. The number of amides is 2. The highest BCUT2D eigenvalue weighted by Gasteiger charge is 2.18. The number of carbonyl (C=O) groups excluding carboxylic acids is 1. The monoisotopic (exact) mass is 213 g/mol. The van der Waals surface area contributed by atoms with Crippen LogP contribution in [0.1, 0.15) is 25.7 Å². The molecular weight excluding hydrogens is 190 g/mol. The Bertz CT molecular complexity index is 200. The van der Waals surface area contributed by atoms with Crippen molar-refractivity contribution >= 4 is 6.03 Å². The number of nitrogens with zero attached hydrogens (tertiary/aromatic N) is 2. The number of rotatable bonds is 4. The topological polar surface area (TPSA) is 35.6 Å². The Morgan fingerprint density at radius 1 is 1.27 bits per heavy atom. The molecule has 0 spiro atoms. The van der Waals surface area contributed by atoms with Crippen LogP contribution in [0, 0.1) is 0 Å². The van der Waals surface area contributed by atoms with Crippen LogP contribution in [-0.2, 0) is 0 Å². The number of hydrogen-bond acceptors (Lipinski definition) is 2. The maximum atomic E-state index is 11.2. The molecule has 0 radical (unpaired) electrons. The number of carbonyl (C=O) groups is 1. The van der Waals surface area contributed by atoms with Crippen molar-refractivity contribution in [1.29, 1.82) is 0 Å². The smallest absolute Gasteiger partial charge is 0.316 e. The largest absolute Gasteiger partial charge is 0.337 e. The summed E-state index contributed by atoms with van der Waals surface area (Å²) in [6.07, 6.45) is 5.36. The van der Waals surface area contributed by atoms with Crippen LogP contribution in [0.3, 0.4) is 0 Å². The summed E-state index contributed by atoms with van der Waals surface area (Å²) < 4.78 is 0. The maximum absolute atomic E-state index is 11.2. The van der Waals surface area contributed by atoms with Gasteiger partial charge in [0.2, 0.25) is 0 Å². The minimum atomic E-state index is -0.00479. The molecule has 88 valence electrons. The Kier molecular flexibility index (Phi) is 4.88. The third kappa shape index (κ3) is 4.08.